The summed E-state index contributed by atoms with van der Waals surface area (Å²) in [5.74, 6) is -0.134. The summed E-state index contributed by atoms with van der Waals surface area (Å²) in [7, 11) is 1.80. The van der Waals surface area contributed by atoms with Crippen molar-refractivity contribution in [1.29, 1.82) is 0 Å². The lowest BCUT2D eigenvalue weighted by Crippen LogP contribution is -3.00. The van der Waals surface area contributed by atoms with Crippen molar-refractivity contribution in [3.63, 3.8) is 0 Å². The molecule has 0 unspecified atom stereocenters. The highest BCUT2D eigenvalue weighted by atomic mass is 79.9. The van der Waals surface area contributed by atoms with Gasteiger partial charge in [-0.1, -0.05) is 23.2 Å². The van der Waals surface area contributed by atoms with E-state index in [2.05, 4.69) is 0 Å². The minimum Gasteiger partial charge on any atom is -1.00 e. The van der Waals surface area contributed by atoms with Gasteiger partial charge in [0.2, 0.25) is 0 Å². The number of carbonyl (C=O) groups excluding carboxylic acids is 1. The first-order valence-electron chi connectivity index (χ1n) is 7.45. The molecule has 2 aromatic carbocycles. The van der Waals surface area contributed by atoms with Gasteiger partial charge in [0.1, 0.15) is 24.3 Å². The van der Waals surface area contributed by atoms with Crippen LogP contribution in [0, 0.1) is 5.82 Å². The van der Waals surface area contributed by atoms with Crippen LogP contribution in [0.15, 0.2) is 48.7 Å². The molecule has 8 heteroatoms. The molecule has 0 radical (unpaired) electrons. The summed E-state index contributed by atoms with van der Waals surface area (Å²) in [4.78, 5) is 12.4. The topological polar surface area (TPSA) is 51.9 Å². The maximum absolute atomic E-state index is 13.0. The Morgan fingerprint density at radius 2 is 1.81 bits per heavy atom. The highest BCUT2D eigenvalue weighted by molar-refractivity contribution is 6.42. The lowest BCUT2D eigenvalue weighted by molar-refractivity contribution is -0.667. The minimum absolute atomic E-state index is 0. The molecule has 136 valence electrons. The van der Waals surface area contributed by atoms with E-state index in [0.717, 1.165) is 11.3 Å². The fraction of sp³-hybridized carbons (Fsp3) is 0.111. The Hall–Kier alpha value is -1.89. The second-order valence-electron chi connectivity index (χ2n) is 5.62. The van der Waals surface area contributed by atoms with Crippen molar-refractivity contribution in [3.05, 3.63) is 70.1 Å². The third-order valence-corrected chi connectivity index (χ3v) is 4.71. The zero-order valence-corrected chi connectivity index (χ0v) is 16.8. The SMILES string of the molecule is Cn1c(-c2ccc(Cl)c(Cl)c2)c[n+](CC(=O)c2ccc(F)cc2)c1N.[Br-]. The highest BCUT2D eigenvalue weighted by Crippen LogP contribution is 2.28. The summed E-state index contributed by atoms with van der Waals surface area (Å²) >= 11 is 12.0. The minimum atomic E-state index is -0.384. The summed E-state index contributed by atoms with van der Waals surface area (Å²) < 4.78 is 16.4. The number of hydrogen-bond donors (Lipinski definition) is 1. The summed E-state index contributed by atoms with van der Waals surface area (Å²) in [6, 6.07) is 10.7. The van der Waals surface area contributed by atoms with Gasteiger partial charge >= 0.3 is 5.95 Å². The number of aromatic nitrogens is 2. The predicted octanol–water partition coefficient (Wildman–Crippen LogP) is 0.895. The maximum atomic E-state index is 13.0. The van der Waals surface area contributed by atoms with Crippen molar-refractivity contribution < 1.29 is 30.7 Å². The molecule has 0 bridgehead atoms. The van der Waals surface area contributed by atoms with Crippen LogP contribution in [-0.4, -0.2) is 10.4 Å². The molecule has 0 amide bonds. The number of nitrogen functional groups attached to an aromatic ring is 1. The number of hydrogen-bond acceptors (Lipinski definition) is 2. The second kappa shape index (κ2) is 8.20. The van der Waals surface area contributed by atoms with Gasteiger partial charge in [-0.05, 0) is 42.5 Å². The molecule has 3 rings (SSSR count). The van der Waals surface area contributed by atoms with Crippen molar-refractivity contribution in [2.24, 2.45) is 7.05 Å². The van der Waals surface area contributed by atoms with Gasteiger partial charge < -0.3 is 17.0 Å². The Morgan fingerprint density at radius 1 is 1.15 bits per heavy atom. The van der Waals surface area contributed by atoms with Crippen molar-refractivity contribution in [1.82, 2.24) is 4.57 Å². The number of nitrogens with two attached hydrogens (primary N) is 1. The number of Topliss-reactive ketones (excluding diaryl/α,β-unsaturated/α-hetero) is 1. The molecule has 0 saturated carbocycles. The standard InChI is InChI=1S/C18H14Cl2FN3O.BrH/c1-23-16(12-4-7-14(19)15(20)8-12)9-24(18(23)22)10-17(25)11-2-5-13(21)6-3-11;/h2-9,22H,10H2,1H3;1H. The van der Waals surface area contributed by atoms with Gasteiger partial charge in [-0.3, -0.25) is 10.5 Å². The van der Waals surface area contributed by atoms with Gasteiger partial charge in [-0.2, -0.15) is 0 Å². The molecule has 0 fully saturated rings. The zero-order valence-electron chi connectivity index (χ0n) is 13.7. The van der Waals surface area contributed by atoms with Gasteiger partial charge in [0.25, 0.3) is 0 Å². The smallest absolute Gasteiger partial charge is 0.355 e. The summed E-state index contributed by atoms with van der Waals surface area (Å²) in [5, 5.41) is 0.903. The van der Waals surface area contributed by atoms with Crippen LogP contribution in [0.2, 0.25) is 10.0 Å². The second-order valence-corrected chi connectivity index (χ2v) is 6.43. The number of benzene rings is 2. The lowest BCUT2D eigenvalue weighted by atomic mass is 10.1. The van der Waals surface area contributed by atoms with E-state index in [1.807, 2.05) is 6.07 Å². The number of nitrogens with zero attached hydrogens (tertiary/aromatic N) is 2. The quantitative estimate of drug-likeness (QED) is 0.466. The van der Waals surface area contributed by atoms with Crippen LogP contribution in [0.4, 0.5) is 10.3 Å². The Balaban J connectivity index is 0.00000243. The lowest BCUT2D eigenvalue weighted by Gasteiger charge is -2.01. The molecule has 0 atom stereocenters. The normalized spacial score (nSPS) is 10.5. The van der Waals surface area contributed by atoms with Gasteiger partial charge in [-0.15, -0.1) is 0 Å². The molecule has 1 heterocycles. The van der Waals surface area contributed by atoms with Crippen LogP contribution in [0.25, 0.3) is 11.3 Å². The molecular formula is C18H15BrCl2FN3O. The monoisotopic (exact) mass is 457 g/mol. The number of rotatable bonds is 4. The molecule has 0 saturated heterocycles. The number of imidazole rings is 1. The fourth-order valence-corrected chi connectivity index (χ4v) is 2.85. The molecule has 0 aliphatic heterocycles. The molecule has 1 aromatic heterocycles. The Kier molecular flexibility index (Phi) is 6.44. The van der Waals surface area contributed by atoms with Crippen molar-refractivity contribution >= 4 is 34.9 Å². The summed E-state index contributed by atoms with van der Waals surface area (Å²) in [6.07, 6.45) is 1.77. The van der Waals surface area contributed by atoms with Crippen molar-refractivity contribution in [2.75, 3.05) is 5.73 Å². The van der Waals surface area contributed by atoms with Crippen LogP contribution in [0.5, 0.6) is 0 Å². The number of carbonyl (C=O) groups is 1. The average molecular weight is 459 g/mol. The summed E-state index contributed by atoms with van der Waals surface area (Å²) in [5.41, 5.74) is 8.16. The Bertz CT molecular complexity index is 958. The van der Waals surface area contributed by atoms with Gasteiger partial charge in [0.05, 0.1) is 17.1 Å². The first-order valence-corrected chi connectivity index (χ1v) is 8.21. The van der Waals surface area contributed by atoms with E-state index in [-0.39, 0.29) is 35.1 Å². The van der Waals surface area contributed by atoms with Crippen LogP contribution in [0.1, 0.15) is 10.4 Å². The van der Waals surface area contributed by atoms with Gasteiger partial charge in [0, 0.05) is 11.1 Å². The summed E-state index contributed by atoms with van der Waals surface area (Å²) in [6.45, 7) is 0.0482. The number of anilines is 1. The Morgan fingerprint density at radius 3 is 2.42 bits per heavy atom. The van der Waals surface area contributed by atoms with Crippen LogP contribution in [0.3, 0.4) is 0 Å². The molecule has 0 spiro atoms. The first-order chi connectivity index (χ1) is 11.9. The van der Waals surface area contributed by atoms with Crippen LogP contribution < -0.4 is 27.3 Å². The Labute approximate surface area is 170 Å². The van der Waals surface area contributed by atoms with Crippen LogP contribution >= 0.6 is 23.2 Å². The number of halogens is 4. The van der Waals surface area contributed by atoms with Gasteiger partial charge in [-0.25, -0.2) is 13.5 Å². The predicted molar refractivity (Wildman–Crippen MR) is 96.2 cm³/mol. The van der Waals surface area contributed by atoms with E-state index in [1.165, 1.54) is 24.3 Å². The highest BCUT2D eigenvalue weighted by Gasteiger charge is 2.20. The third kappa shape index (κ3) is 4.09. The van der Waals surface area contributed by atoms with Crippen LogP contribution in [-0.2, 0) is 13.6 Å². The molecule has 0 aliphatic carbocycles. The molecule has 3 aromatic rings. The largest absolute Gasteiger partial charge is 1.00 e. The molecule has 2 N–H and O–H groups in total. The van der Waals surface area contributed by atoms with E-state index in [0.29, 0.717) is 21.6 Å². The van der Waals surface area contributed by atoms with E-state index in [4.69, 9.17) is 28.9 Å². The molecule has 26 heavy (non-hydrogen) atoms. The van der Waals surface area contributed by atoms with Crippen molar-refractivity contribution in [3.8, 4) is 11.3 Å². The molecule has 4 nitrogen and oxygen atoms in total. The van der Waals surface area contributed by atoms with E-state index >= 15 is 0 Å². The zero-order chi connectivity index (χ0) is 18.1. The number of ketones is 1. The first kappa shape index (κ1) is 20.4. The van der Waals surface area contributed by atoms with E-state index in [1.54, 1.807) is 34.5 Å². The third-order valence-electron chi connectivity index (χ3n) is 3.97. The van der Waals surface area contributed by atoms with E-state index < -0.39 is 0 Å². The molecule has 0 aliphatic rings. The fourth-order valence-electron chi connectivity index (χ4n) is 2.55. The van der Waals surface area contributed by atoms with E-state index in [9.17, 15) is 9.18 Å². The van der Waals surface area contributed by atoms with Crippen molar-refractivity contribution in [2.45, 2.75) is 6.54 Å². The maximum Gasteiger partial charge on any atom is 0.355 e. The molecular weight excluding hydrogens is 444 g/mol. The average Bonchev–Trinajstić information content (AvgIpc) is 2.86. The van der Waals surface area contributed by atoms with Gasteiger partial charge in [0.15, 0.2) is 5.78 Å².